The maximum atomic E-state index is 12.6. The van der Waals surface area contributed by atoms with Crippen LogP contribution in [0.15, 0.2) is 0 Å². The van der Waals surface area contributed by atoms with Crippen molar-refractivity contribution in [3.63, 3.8) is 0 Å². The summed E-state index contributed by atoms with van der Waals surface area (Å²) in [5.41, 5.74) is 0. The molecule has 0 spiro atoms. The van der Waals surface area contributed by atoms with Gasteiger partial charge in [0.1, 0.15) is 0 Å². The Labute approximate surface area is 70.0 Å². The van der Waals surface area contributed by atoms with Gasteiger partial charge in [0, 0.05) is 6.92 Å². The van der Waals surface area contributed by atoms with Crippen molar-refractivity contribution in [1.29, 1.82) is 0 Å². The van der Waals surface area contributed by atoms with Crippen LogP contribution in [0.4, 0.5) is 4.39 Å². The Balaban J connectivity index is 2.52. The van der Waals surface area contributed by atoms with Crippen molar-refractivity contribution >= 4 is 16.8 Å². The Hall–Kier alpha value is -0.370. The first-order valence-corrected chi connectivity index (χ1v) is 4.80. The van der Waals surface area contributed by atoms with E-state index in [1.165, 1.54) is 0 Å². The van der Waals surface area contributed by atoms with E-state index in [1.807, 2.05) is 0 Å². The van der Waals surface area contributed by atoms with E-state index in [0.717, 1.165) is 6.92 Å². The van der Waals surface area contributed by atoms with Crippen molar-refractivity contribution in [2.24, 2.45) is 0 Å². The zero-order valence-electron chi connectivity index (χ0n) is 6.27. The van der Waals surface area contributed by atoms with Crippen LogP contribution in [-0.2, 0) is 13.7 Å². The third-order valence-corrected chi connectivity index (χ3v) is 2.49. The first kappa shape index (κ1) is 9.72. The summed E-state index contributed by atoms with van der Waals surface area (Å²) in [6.07, 6.45) is -3.15. The van der Waals surface area contributed by atoms with Crippen molar-refractivity contribution in [3.8, 4) is 0 Å². The van der Waals surface area contributed by atoms with Gasteiger partial charge in [-0.15, -0.1) is 0 Å². The molecule has 12 heavy (non-hydrogen) atoms. The quantitative estimate of drug-likeness (QED) is 0.615. The molecule has 7 heteroatoms. The first-order valence-electron chi connectivity index (χ1n) is 3.16. The Kier molecular flexibility index (Phi) is 2.57. The smallest absolute Gasteiger partial charge is 0.303 e. The van der Waals surface area contributed by atoms with Gasteiger partial charge < -0.3 is 13.8 Å². The normalized spacial score (nSPS) is 36.0. The topological polar surface area (TPSA) is 76.0 Å². The summed E-state index contributed by atoms with van der Waals surface area (Å²) in [5.74, 6) is -1.07. The number of hydrogen-bond acceptors (Lipinski definition) is 5. The van der Waals surface area contributed by atoms with Gasteiger partial charge in [0.25, 0.3) is 6.36 Å². The molecule has 0 radical (unpaired) electrons. The second-order valence-electron chi connectivity index (χ2n) is 2.37. The van der Waals surface area contributed by atoms with Gasteiger partial charge in [0.05, 0.1) is 16.6 Å². The maximum absolute atomic E-state index is 12.6. The molecule has 0 amide bonds. The fourth-order valence-corrected chi connectivity index (χ4v) is 1.98. The van der Waals surface area contributed by atoms with Crippen LogP contribution in [0.3, 0.4) is 0 Å². The van der Waals surface area contributed by atoms with Crippen molar-refractivity contribution < 1.29 is 27.2 Å². The number of hydrogen-bond donors (Lipinski definition) is 2. The summed E-state index contributed by atoms with van der Waals surface area (Å²) in [6.45, 7) is 1.11. The van der Waals surface area contributed by atoms with Crippen LogP contribution in [0.5, 0.6) is 0 Å². The van der Waals surface area contributed by atoms with Crippen LogP contribution in [0.2, 0.25) is 0 Å². The third kappa shape index (κ3) is 2.31. The summed E-state index contributed by atoms with van der Waals surface area (Å²) < 4.78 is 38.8. The third-order valence-electron chi connectivity index (χ3n) is 1.24. The van der Waals surface area contributed by atoms with Gasteiger partial charge in [0.2, 0.25) is 0 Å². The molecule has 72 valence electrons. The zero-order chi connectivity index (χ0) is 9.35. The lowest BCUT2D eigenvalue weighted by molar-refractivity contribution is -0.152. The fraction of sp³-hybridized carbons (Fsp3) is 0.800. The minimum absolute atomic E-state index is 0.395. The number of alkyl halides is 1. The lowest BCUT2D eigenvalue weighted by Crippen LogP contribution is -2.24. The molecule has 1 rings (SSSR count). The molecule has 1 aliphatic heterocycles. The standard InChI is InChI=1S/C5H9FO5S/c1-3(7)10-4-2-12(8,9)11-5(4)6/h4-5,8-9H,2H2,1H3. The summed E-state index contributed by atoms with van der Waals surface area (Å²) in [6, 6.07) is 0. The highest BCUT2D eigenvalue weighted by atomic mass is 32.3. The van der Waals surface area contributed by atoms with E-state index in [0.29, 0.717) is 0 Å². The molecule has 0 saturated carbocycles. The second kappa shape index (κ2) is 3.17. The Morgan fingerprint density at radius 2 is 2.33 bits per heavy atom. The SMILES string of the molecule is CC(=O)OC1CS(O)(O)OC1F. The second-order valence-corrected chi connectivity index (χ2v) is 4.11. The molecule has 0 aromatic rings. The highest BCUT2D eigenvalue weighted by Crippen LogP contribution is 2.49. The number of halogens is 1. The largest absolute Gasteiger partial charge is 0.456 e. The van der Waals surface area contributed by atoms with Crippen molar-refractivity contribution in [1.82, 2.24) is 0 Å². The molecule has 2 N–H and O–H groups in total. The van der Waals surface area contributed by atoms with E-state index in [2.05, 4.69) is 8.92 Å². The number of esters is 1. The van der Waals surface area contributed by atoms with E-state index in [4.69, 9.17) is 9.11 Å². The number of rotatable bonds is 1. The van der Waals surface area contributed by atoms with E-state index in [1.54, 1.807) is 0 Å². The first-order chi connectivity index (χ1) is 5.41. The van der Waals surface area contributed by atoms with Crippen LogP contribution in [0, 0.1) is 0 Å². The Morgan fingerprint density at radius 1 is 1.75 bits per heavy atom. The van der Waals surface area contributed by atoms with E-state index < -0.39 is 35.1 Å². The maximum Gasteiger partial charge on any atom is 0.303 e. The minimum Gasteiger partial charge on any atom is -0.456 e. The molecular weight excluding hydrogens is 191 g/mol. The van der Waals surface area contributed by atoms with Gasteiger partial charge >= 0.3 is 5.97 Å². The molecule has 2 unspecified atom stereocenters. The molecule has 1 heterocycles. The highest BCUT2D eigenvalue weighted by Gasteiger charge is 2.43. The molecule has 1 saturated heterocycles. The van der Waals surface area contributed by atoms with E-state index >= 15 is 0 Å². The minimum atomic E-state index is -3.34. The fourth-order valence-electron chi connectivity index (χ4n) is 0.839. The van der Waals surface area contributed by atoms with Gasteiger partial charge in [-0.3, -0.25) is 8.98 Å². The lowest BCUT2D eigenvalue weighted by Gasteiger charge is -2.16. The predicted molar refractivity (Wildman–Crippen MR) is 39.3 cm³/mol. The van der Waals surface area contributed by atoms with Crippen molar-refractivity contribution in [3.05, 3.63) is 0 Å². The predicted octanol–water partition coefficient (Wildman–Crippen LogP) is 0.909. The van der Waals surface area contributed by atoms with Crippen LogP contribution >= 0.6 is 10.9 Å². The van der Waals surface area contributed by atoms with Crippen LogP contribution in [-0.4, -0.2) is 33.3 Å². The monoisotopic (exact) mass is 200 g/mol. The van der Waals surface area contributed by atoms with Crippen LogP contribution in [0.1, 0.15) is 6.92 Å². The average Bonchev–Trinajstić information content (AvgIpc) is 2.03. The molecule has 0 bridgehead atoms. The van der Waals surface area contributed by atoms with E-state index in [-0.39, 0.29) is 0 Å². The Morgan fingerprint density at radius 3 is 2.67 bits per heavy atom. The van der Waals surface area contributed by atoms with Crippen LogP contribution < -0.4 is 0 Å². The van der Waals surface area contributed by atoms with Gasteiger partial charge in [-0.2, -0.15) is 0 Å². The van der Waals surface area contributed by atoms with Gasteiger partial charge in [0.15, 0.2) is 6.10 Å². The molecule has 0 aliphatic carbocycles. The molecule has 0 aromatic carbocycles. The number of ether oxygens (including phenoxy) is 1. The van der Waals surface area contributed by atoms with Gasteiger partial charge in [-0.1, -0.05) is 0 Å². The summed E-state index contributed by atoms with van der Waals surface area (Å²) in [7, 11) is -3.34. The van der Waals surface area contributed by atoms with Crippen molar-refractivity contribution in [2.45, 2.75) is 19.4 Å². The summed E-state index contributed by atoms with van der Waals surface area (Å²) >= 11 is 0. The summed E-state index contributed by atoms with van der Waals surface area (Å²) in [4.78, 5) is 10.4. The van der Waals surface area contributed by atoms with Gasteiger partial charge in [-0.25, -0.2) is 4.39 Å². The molecule has 0 aromatic heterocycles. The molecule has 1 aliphatic rings. The van der Waals surface area contributed by atoms with Gasteiger partial charge in [-0.05, 0) is 0 Å². The van der Waals surface area contributed by atoms with E-state index in [9.17, 15) is 9.18 Å². The van der Waals surface area contributed by atoms with Crippen LogP contribution in [0.25, 0.3) is 0 Å². The number of carbonyl (C=O) groups is 1. The average molecular weight is 200 g/mol. The van der Waals surface area contributed by atoms with Crippen molar-refractivity contribution in [2.75, 3.05) is 5.75 Å². The Bertz CT molecular complexity index is 196. The zero-order valence-corrected chi connectivity index (χ0v) is 7.08. The molecule has 1 fully saturated rings. The molecule has 2 atom stereocenters. The lowest BCUT2D eigenvalue weighted by atomic mass is 10.4. The highest BCUT2D eigenvalue weighted by molar-refractivity contribution is 8.20. The number of carbonyl (C=O) groups excluding carboxylic acids is 1. The molecule has 5 nitrogen and oxygen atoms in total. The summed E-state index contributed by atoms with van der Waals surface area (Å²) in [5, 5.41) is 0. The molecular formula is C5H9FO5S.